The minimum Gasteiger partial charge on any atom is -0.337 e. The van der Waals surface area contributed by atoms with Crippen LogP contribution in [0.15, 0.2) is 60.7 Å². The van der Waals surface area contributed by atoms with Gasteiger partial charge in [0.2, 0.25) is 0 Å². The molecular formula is C35H44N6O. The molecule has 0 saturated carbocycles. The molecule has 0 aliphatic carbocycles. The van der Waals surface area contributed by atoms with Gasteiger partial charge in [0.15, 0.2) is 5.69 Å². The van der Waals surface area contributed by atoms with Crippen molar-refractivity contribution in [3.63, 3.8) is 0 Å². The summed E-state index contributed by atoms with van der Waals surface area (Å²) in [6.45, 7) is 9.76. The predicted octanol–water partition coefficient (Wildman–Crippen LogP) is 6.30. The lowest BCUT2D eigenvalue weighted by atomic mass is 9.70. The molecule has 4 aromatic rings. The van der Waals surface area contributed by atoms with Crippen molar-refractivity contribution >= 4 is 16.9 Å². The molecule has 3 aliphatic rings. The van der Waals surface area contributed by atoms with Crippen LogP contribution in [0, 0.1) is 13.8 Å². The van der Waals surface area contributed by atoms with E-state index in [9.17, 15) is 4.79 Å². The van der Waals surface area contributed by atoms with Crippen molar-refractivity contribution in [2.45, 2.75) is 95.8 Å². The Morgan fingerprint density at radius 2 is 1.62 bits per heavy atom. The molecule has 2 aromatic carbocycles. The summed E-state index contributed by atoms with van der Waals surface area (Å²) < 4.78 is 4.45. The number of aromatic nitrogens is 4. The zero-order valence-corrected chi connectivity index (χ0v) is 25.4. The molecule has 2 aromatic heterocycles. The number of benzene rings is 2. The van der Waals surface area contributed by atoms with Crippen LogP contribution < -0.4 is 0 Å². The molecule has 3 aliphatic heterocycles. The van der Waals surface area contributed by atoms with Crippen molar-refractivity contribution in [3.8, 4) is 0 Å². The Morgan fingerprint density at radius 1 is 0.929 bits per heavy atom. The fourth-order valence-electron chi connectivity index (χ4n) is 8.50. The monoisotopic (exact) mass is 564 g/mol. The minimum atomic E-state index is 0.0781. The van der Waals surface area contributed by atoms with Crippen LogP contribution in [0.2, 0.25) is 0 Å². The standard InChI is InChI=1S/C35H44N6O/c1-4-40-25(2)22-32(37-40)34(42)38-19-16-35(17-20-38,27-10-6-5-7-11-27)18-21-39-28-14-15-29(39)24-30(23-28)41-26(3)36-31-12-8-9-13-33(31)41/h5-13,22,28-30H,4,14-21,23-24H2,1-3H3/t28-,29+,30+. The van der Waals surface area contributed by atoms with E-state index in [0.717, 1.165) is 62.5 Å². The second kappa shape index (κ2) is 11.0. The van der Waals surface area contributed by atoms with E-state index in [0.29, 0.717) is 23.8 Å². The first-order chi connectivity index (χ1) is 20.5. The number of carbonyl (C=O) groups is 1. The highest BCUT2D eigenvalue weighted by Gasteiger charge is 2.44. The summed E-state index contributed by atoms with van der Waals surface area (Å²) >= 11 is 0. The SMILES string of the molecule is CCn1nc(C(=O)N2CCC(CCN3[C@@H]4CC[C@H]3C[C@@H](n3c(C)nc5ccccc53)C4)(c3ccccc3)CC2)cc1C. The summed E-state index contributed by atoms with van der Waals surface area (Å²) in [5.74, 6) is 1.23. The average Bonchev–Trinajstić information content (AvgIpc) is 3.64. The maximum atomic E-state index is 13.4. The van der Waals surface area contributed by atoms with Gasteiger partial charge in [0.1, 0.15) is 5.82 Å². The molecule has 0 spiro atoms. The maximum Gasteiger partial charge on any atom is 0.274 e. The van der Waals surface area contributed by atoms with Gasteiger partial charge in [-0.15, -0.1) is 0 Å². The third-order valence-corrected chi connectivity index (χ3v) is 10.7. The highest BCUT2D eigenvalue weighted by atomic mass is 16.2. The first-order valence-electron chi connectivity index (χ1n) is 16.0. The van der Waals surface area contributed by atoms with E-state index in [1.165, 1.54) is 36.8 Å². The number of hydrogen-bond donors (Lipinski definition) is 0. The summed E-state index contributed by atoms with van der Waals surface area (Å²) in [5.41, 5.74) is 5.57. The Hall–Kier alpha value is -3.45. The van der Waals surface area contributed by atoms with Crippen LogP contribution in [0.4, 0.5) is 0 Å². The second-order valence-corrected chi connectivity index (χ2v) is 12.9. The van der Waals surface area contributed by atoms with Crippen LogP contribution in [-0.4, -0.2) is 66.8 Å². The number of imidazole rings is 1. The molecule has 7 nitrogen and oxygen atoms in total. The summed E-state index contributed by atoms with van der Waals surface area (Å²) in [6, 6.07) is 23.5. The van der Waals surface area contributed by atoms with Crippen LogP contribution in [0.3, 0.4) is 0 Å². The molecule has 0 N–H and O–H groups in total. The number of piperidine rings is 2. The summed E-state index contributed by atoms with van der Waals surface area (Å²) in [5, 5.41) is 4.58. The molecule has 220 valence electrons. The third-order valence-electron chi connectivity index (χ3n) is 10.7. The van der Waals surface area contributed by atoms with Crippen molar-refractivity contribution < 1.29 is 4.79 Å². The third kappa shape index (κ3) is 4.76. The van der Waals surface area contributed by atoms with E-state index < -0.39 is 0 Å². The zero-order valence-electron chi connectivity index (χ0n) is 25.4. The molecule has 3 fully saturated rings. The van der Waals surface area contributed by atoms with Crippen LogP contribution in [0.25, 0.3) is 11.0 Å². The second-order valence-electron chi connectivity index (χ2n) is 12.9. The van der Waals surface area contributed by atoms with E-state index in [-0.39, 0.29) is 11.3 Å². The Balaban J connectivity index is 1.06. The molecular weight excluding hydrogens is 520 g/mol. The van der Waals surface area contributed by atoms with E-state index in [1.807, 2.05) is 22.6 Å². The molecule has 0 unspecified atom stereocenters. The van der Waals surface area contributed by atoms with Crippen molar-refractivity contribution in [1.29, 1.82) is 0 Å². The highest BCUT2D eigenvalue weighted by Crippen LogP contribution is 2.45. The van der Waals surface area contributed by atoms with Gasteiger partial charge in [0.05, 0.1) is 11.0 Å². The van der Waals surface area contributed by atoms with Gasteiger partial charge < -0.3 is 9.47 Å². The minimum absolute atomic E-state index is 0.0781. The fourth-order valence-corrected chi connectivity index (χ4v) is 8.50. The Morgan fingerprint density at radius 3 is 2.31 bits per heavy atom. The zero-order chi connectivity index (χ0) is 28.8. The molecule has 1 amide bonds. The summed E-state index contributed by atoms with van der Waals surface area (Å²) in [7, 11) is 0. The van der Waals surface area contributed by atoms with Crippen LogP contribution in [-0.2, 0) is 12.0 Å². The lowest BCUT2D eigenvalue weighted by molar-refractivity contribution is 0.0601. The number of nitrogens with zero attached hydrogens (tertiary/aromatic N) is 6. The molecule has 42 heavy (non-hydrogen) atoms. The molecule has 5 heterocycles. The van der Waals surface area contributed by atoms with E-state index >= 15 is 0 Å². The lowest BCUT2D eigenvalue weighted by Gasteiger charge is -2.45. The number of amides is 1. The van der Waals surface area contributed by atoms with Gasteiger partial charge in [-0.1, -0.05) is 42.5 Å². The Kier molecular flexibility index (Phi) is 7.17. The van der Waals surface area contributed by atoms with Crippen LogP contribution >= 0.6 is 0 Å². The van der Waals surface area contributed by atoms with Gasteiger partial charge in [-0.2, -0.15) is 5.10 Å². The molecule has 2 bridgehead atoms. The number of rotatable bonds is 7. The van der Waals surface area contributed by atoms with Gasteiger partial charge in [0.25, 0.3) is 5.91 Å². The highest BCUT2D eigenvalue weighted by molar-refractivity contribution is 5.92. The molecule has 0 radical (unpaired) electrons. The van der Waals surface area contributed by atoms with E-state index in [4.69, 9.17) is 4.98 Å². The average molecular weight is 565 g/mol. The largest absolute Gasteiger partial charge is 0.337 e. The normalized spacial score (nSPS) is 24.0. The number of fused-ring (bicyclic) bond motifs is 3. The quantitative estimate of drug-likeness (QED) is 0.264. The first kappa shape index (κ1) is 27.4. The van der Waals surface area contributed by atoms with Gasteiger partial charge in [0, 0.05) is 43.5 Å². The van der Waals surface area contributed by atoms with E-state index in [1.54, 1.807) is 0 Å². The van der Waals surface area contributed by atoms with Gasteiger partial charge in [-0.25, -0.2) is 4.98 Å². The van der Waals surface area contributed by atoms with Gasteiger partial charge >= 0.3 is 0 Å². The molecule has 3 saturated heterocycles. The van der Waals surface area contributed by atoms with E-state index in [2.05, 4.69) is 83.0 Å². The fraction of sp³-hybridized carbons (Fsp3) is 0.514. The van der Waals surface area contributed by atoms with Crippen LogP contribution in [0.5, 0.6) is 0 Å². The number of para-hydroxylation sites is 2. The summed E-state index contributed by atoms with van der Waals surface area (Å²) in [4.78, 5) is 23.2. The van der Waals surface area contributed by atoms with Crippen LogP contribution in [0.1, 0.15) is 85.5 Å². The van der Waals surface area contributed by atoms with Gasteiger partial charge in [-0.3, -0.25) is 14.4 Å². The number of aryl methyl sites for hydroxylation is 3. The predicted molar refractivity (Wildman–Crippen MR) is 167 cm³/mol. The first-order valence-corrected chi connectivity index (χ1v) is 16.0. The molecule has 7 heteroatoms. The van der Waals surface area contributed by atoms with Gasteiger partial charge in [-0.05, 0) is 101 Å². The Bertz CT molecular complexity index is 1550. The van der Waals surface area contributed by atoms with Crippen molar-refractivity contribution in [1.82, 2.24) is 29.1 Å². The smallest absolute Gasteiger partial charge is 0.274 e. The topological polar surface area (TPSA) is 59.2 Å². The number of likely N-dealkylation sites (tertiary alicyclic amines) is 1. The Labute approximate surface area is 249 Å². The van der Waals surface area contributed by atoms with Crippen molar-refractivity contribution in [3.05, 3.63) is 83.4 Å². The lowest BCUT2D eigenvalue weighted by Crippen LogP contribution is -2.49. The molecule has 7 rings (SSSR count). The molecule has 3 atom stereocenters. The summed E-state index contributed by atoms with van der Waals surface area (Å²) in [6.07, 6.45) is 8.18. The maximum absolute atomic E-state index is 13.4. The van der Waals surface area contributed by atoms with Crippen molar-refractivity contribution in [2.24, 2.45) is 0 Å². The van der Waals surface area contributed by atoms with Crippen molar-refractivity contribution in [2.75, 3.05) is 19.6 Å². The number of hydrogen-bond acceptors (Lipinski definition) is 4. The number of carbonyl (C=O) groups excluding carboxylic acids is 1.